The second-order valence-corrected chi connectivity index (χ2v) is 4.49. The molecule has 21 heavy (non-hydrogen) atoms. The summed E-state index contributed by atoms with van der Waals surface area (Å²) in [5, 5.41) is 9.77. The second kappa shape index (κ2) is 5.12. The Morgan fingerprint density at radius 3 is 2.29 bits per heavy atom. The number of halogens is 3. The normalized spacial score (nSPS) is 11.6. The van der Waals surface area contributed by atoms with Gasteiger partial charge in [0.05, 0.1) is 17.7 Å². The number of hydrogen-bond donors (Lipinski definition) is 2. The van der Waals surface area contributed by atoms with E-state index in [1.54, 1.807) is 0 Å². The summed E-state index contributed by atoms with van der Waals surface area (Å²) in [6.45, 7) is 1.18. The topological polar surface area (TPSA) is 75.1 Å². The number of nitrogens with zero attached hydrogens (tertiary/aromatic N) is 1. The van der Waals surface area contributed by atoms with Crippen LogP contribution in [-0.2, 0) is 12.7 Å². The van der Waals surface area contributed by atoms with Crippen LogP contribution in [0, 0.1) is 6.92 Å². The molecule has 0 aliphatic rings. The molecule has 0 unspecified atom stereocenters. The van der Waals surface area contributed by atoms with Crippen molar-refractivity contribution in [2.24, 2.45) is 0 Å². The van der Waals surface area contributed by atoms with Gasteiger partial charge >= 0.3 is 11.9 Å². The molecule has 0 bridgehead atoms. The van der Waals surface area contributed by atoms with Crippen molar-refractivity contribution >= 4 is 0 Å². The molecule has 2 N–H and O–H groups in total. The van der Waals surface area contributed by atoms with Crippen molar-refractivity contribution < 1.29 is 18.3 Å². The van der Waals surface area contributed by atoms with Gasteiger partial charge in [0.25, 0.3) is 5.56 Å². The molecule has 0 atom stereocenters. The molecule has 1 aromatic heterocycles. The maximum atomic E-state index is 12.4. The Hall–Kier alpha value is -2.51. The molecule has 0 aliphatic carbocycles. The van der Waals surface area contributed by atoms with Crippen LogP contribution in [-0.4, -0.2) is 14.7 Å². The molecule has 0 saturated heterocycles. The van der Waals surface area contributed by atoms with Crippen LogP contribution in [0.15, 0.2) is 33.9 Å². The summed E-state index contributed by atoms with van der Waals surface area (Å²) in [7, 11) is 0. The number of aromatic amines is 1. The smallest absolute Gasteiger partial charge is 0.416 e. The first-order valence-corrected chi connectivity index (χ1v) is 5.89. The molecule has 0 spiro atoms. The number of alkyl halides is 3. The van der Waals surface area contributed by atoms with Crippen molar-refractivity contribution in [3.8, 4) is 5.88 Å². The molecule has 8 heteroatoms. The van der Waals surface area contributed by atoms with Crippen molar-refractivity contribution in [3.63, 3.8) is 0 Å². The molecule has 1 heterocycles. The zero-order chi connectivity index (χ0) is 15.8. The van der Waals surface area contributed by atoms with E-state index in [1.165, 1.54) is 19.1 Å². The molecular weight excluding hydrogens is 289 g/mol. The first-order valence-electron chi connectivity index (χ1n) is 5.89. The summed E-state index contributed by atoms with van der Waals surface area (Å²) in [4.78, 5) is 24.9. The largest absolute Gasteiger partial charge is 0.494 e. The van der Waals surface area contributed by atoms with E-state index < -0.39 is 28.9 Å². The number of hydrogen-bond acceptors (Lipinski definition) is 3. The van der Waals surface area contributed by atoms with Gasteiger partial charge < -0.3 is 5.11 Å². The van der Waals surface area contributed by atoms with Gasteiger partial charge in [-0.05, 0) is 24.6 Å². The number of aromatic nitrogens is 2. The first kappa shape index (κ1) is 14.9. The van der Waals surface area contributed by atoms with Gasteiger partial charge in [0.15, 0.2) is 0 Å². The minimum absolute atomic E-state index is 0.0403. The summed E-state index contributed by atoms with van der Waals surface area (Å²) >= 11 is 0. The second-order valence-electron chi connectivity index (χ2n) is 4.49. The summed E-state index contributed by atoms with van der Waals surface area (Å²) in [6, 6.07) is 4.18. The Bertz CT molecular complexity index is 773. The van der Waals surface area contributed by atoms with Gasteiger partial charge in [0.1, 0.15) is 0 Å². The lowest BCUT2D eigenvalue weighted by Gasteiger charge is -2.11. The van der Waals surface area contributed by atoms with Gasteiger partial charge in [-0.25, -0.2) is 4.79 Å². The predicted octanol–water partition coefficient (Wildman–Crippen LogP) is 1.62. The minimum Gasteiger partial charge on any atom is -0.494 e. The highest BCUT2D eigenvalue weighted by molar-refractivity contribution is 5.27. The van der Waals surface area contributed by atoms with E-state index in [-0.39, 0.29) is 12.1 Å². The third-order valence-corrected chi connectivity index (χ3v) is 3.02. The van der Waals surface area contributed by atoms with E-state index in [2.05, 4.69) is 0 Å². The van der Waals surface area contributed by atoms with E-state index in [0.29, 0.717) is 5.56 Å². The van der Waals surface area contributed by atoms with E-state index in [4.69, 9.17) is 0 Å². The fraction of sp³-hybridized carbons (Fsp3) is 0.231. The van der Waals surface area contributed by atoms with Crippen molar-refractivity contribution in [1.82, 2.24) is 9.55 Å². The average molecular weight is 300 g/mol. The molecule has 1 aromatic carbocycles. The van der Waals surface area contributed by atoms with Gasteiger partial charge in [0, 0.05) is 0 Å². The third-order valence-electron chi connectivity index (χ3n) is 3.02. The highest BCUT2D eigenvalue weighted by Gasteiger charge is 2.29. The Morgan fingerprint density at radius 1 is 1.19 bits per heavy atom. The molecule has 0 radical (unpaired) electrons. The van der Waals surface area contributed by atoms with Crippen LogP contribution in [0.25, 0.3) is 0 Å². The SMILES string of the molecule is Cc1c(O)n(Cc2ccc(C(F)(F)F)cc2)c(=O)[nH]c1=O. The fourth-order valence-electron chi connectivity index (χ4n) is 1.79. The lowest BCUT2D eigenvalue weighted by Crippen LogP contribution is -2.31. The minimum atomic E-state index is -4.44. The van der Waals surface area contributed by atoms with Crippen LogP contribution in [0.1, 0.15) is 16.7 Å². The van der Waals surface area contributed by atoms with Crippen LogP contribution in [0.3, 0.4) is 0 Å². The number of H-pyrrole nitrogens is 1. The Balaban J connectivity index is 2.38. The lowest BCUT2D eigenvalue weighted by molar-refractivity contribution is -0.137. The highest BCUT2D eigenvalue weighted by Crippen LogP contribution is 2.29. The molecule has 2 aromatic rings. The Kier molecular flexibility index (Phi) is 3.63. The van der Waals surface area contributed by atoms with Crippen LogP contribution >= 0.6 is 0 Å². The van der Waals surface area contributed by atoms with Crippen molar-refractivity contribution in [2.45, 2.75) is 19.6 Å². The highest BCUT2D eigenvalue weighted by atomic mass is 19.4. The average Bonchev–Trinajstić information content (AvgIpc) is 2.41. The Morgan fingerprint density at radius 2 is 1.76 bits per heavy atom. The summed E-state index contributed by atoms with van der Waals surface area (Å²) in [5.41, 5.74) is -2.00. The van der Waals surface area contributed by atoms with E-state index in [1.807, 2.05) is 4.98 Å². The molecule has 5 nitrogen and oxygen atoms in total. The van der Waals surface area contributed by atoms with Gasteiger partial charge in [-0.15, -0.1) is 0 Å². The van der Waals surface area contributed by atoms with Crippen LogP contribution in [0.4, 0.5) is 13.2 Å². The van der Waals surface area contributed by atoms with Crippen LogP contribution < -0.4 is 11.2 Å². The molecule has 0 fully saturated rings. The van der Waals surface area contributed by atoms with Crippen molar-refractivity contribution in [3.05, 3.63) is 61.8 Å². The summed E-state index contributed by atoms with van der Waals surface area (Å²) in [6.07, 6.45) is -4.44. The quantitative estimate of drug-likeness (QED) is 0.885. The van der Waals surface area contributed by atoms with Gasteiger partial charge in [-0.2, -0.15) is 13.2 Å². The number of nitrogens with one attached hydrogen (secondary N) is 1. The van der Waals surface area contributed by atoms with Crippen LogP contribution in [0.5, 0.6) is 5.88 Å². The first-order chi connectivity index (χ1) is 9.70. The van der Waals surface area contributed by atoms with Gasteiger partial charge in [-0.3, -0.25) is 14.3 Å². The fourth-order valence-corrected chi connectivity index (χ4v) is 1.79. The van der Waals surface area contributed by atoms with Gasteiger partial charge in [-0.1, -0.05) is 12.1 Å². The third kappa shape index (κ3) is 2.99. The molecular formula is C13H11F3N2O3. The van der Waals surface area contributed by atoms with Gasteiger partial charge in [0.2, 0.25) is 5.88 Å². The standard InChI is InChI=1S/C13H11F3N2O3/c1-7-10(19)17-12(21)18(11(7)20)6-8-2-4-9(5-3-8)13(14,15)16/h2-5,20H,6H2,1H3,(H,17,19,21). The molecule has 0 aliphatic heterocycles. The predicted molar refractivity (Wildman–Crippen MR) is 68.3 cm³/mol. The van der Waals surface area contributed by atoms with E-state index in [0.717, 1.165) is 16.7 Å². The number of rotatable bonds is 2. The Labute approximate surface area is 116 Å². The van der Waals surface area contributed by atoms with Crippen molar-refractivity contribution in [2.75, 3.05) is 0 Å². The maximum absolute atomic E-state index is 12.4. The zero-order valence-electron chi connectivity index (χ0n) is 10.9. The number of benzene rings is 1. The van der Waals surface area contributed by atoms with Crippen molar-refractivity contribution in [1.29, 1.82) is 0 Å². The molecule has 2 rings (SSSR count). The molecule has 112 valence electrons. The summed E-state index contributed by atoms with van der Waals surface area (Å²) in [5.74, 6) is -0.511. The summed E-state index contributed by atoms with van der Waals surface area (Å²) < 4.78 is 38.2. The van der Waals surface area contributed by atoms with Crippen LogP contribution in [0.2, 0.25) is 0 Å². The molecule has 0 amide bonds. The number of aromatic hydroxyl groups is 1. The monoisotopic (exact) mass is 300 g/mol. The maximum Gasteiger partial charge on any atom is 0.416 e. The zero-order valence-corrected chi connectivity index (χ0v) is 10.9. The lowest BCUT2D eigenvalue weighted by atomic mass is 10.1. The van der Waals surface area contributed by atoms with E-state index >= 15 is 0 Å². The van der Waals surface area contributed by atoms with E-state index in [9.17, 15) is 27.9 Å². The molecule has 0 saturated carbocycles.